The molecule has 0 saturated carbocycles. The highest BCUT2D eigenvalue weighted by atomic mass is 16.4. The maximum atomic E-state index is 6.04. The molecule has 0 aliphatic carbocycles. The van der Waals surface area contributed by atoms with Gasteiger partial charge in [0, 0.05) is 27.6 Å². The maximum absolute atomic E-state index is 6.04. The van der Waals surface area contributed by atoms with Gasteiger partial charge in [-0.2, -0.15) is 0 Å². The van der Waals surface area contributed by atoms with E-state index in [-0.39, 0.29) is 5.41 Å². The van der Waals surface area contributed by atoms with Crippen LogP contribution < -0.4 is 0 Å². The molecule has 9 rings (SSSR count). The number of hydrogen-bond acceptors (Lipinski definition) is 3. The average Bonchev–Trinajstić information content (AvgIpc) is 3.82. The minimum atomic E-state index is 0.0396. The van der Waals surface area contributed by atoms with E-state index in [2.05, 4.69) is 175 Å². The lowest BCUT2D eigenvalue weighted by Crippen LogP contribution is -2.10. The molecule has 0 radical (unpaired) electrons. The van der Waals surface area contributed by atoms with E-state index in [0.717, 1.165) is 27.9 Å². The lowest BCUT2D eigenvalue weighted by Gasteiger charge is -2.19. The van der Waals surface area contributed by atoms with Crippen molar-refractivity contribution in [1.29, 1.82) is 0 Å². The first-order chi connectivity index (χ1) is 25.4. The molecule has 0 N–H and O–H groups in total. The van der Waals surface area contributed by atoms with Crippen molar-refractivity contribution in [2.24, 2.45) is 0 Å². The van der Waals surface area contributed by atoms with Crippen molar-refractivity contribution in [2.75, 3.05) is 0 Å². The van der Waals surface area contributed by atoms with E-state index in [0.29, 0.717) is 11.8 Å². The molecule has 9 aromatic rings. The standard InChI is InChI=1S/C48H37N3O/c1-48(2,3)36-27-29-45-43(31-36)42-30-35(26-28-44(42)51(45)37-16-8-5-9-17-37)39-19-11-13-21-41(39)40-20-12-10-18-38(40)32-22-24-34(25-23-32)47-50-49-46(52-47)33-14-6-4-7-15-33/h4-31H,1-3H3. The zero-order valence-electron chi connectivity index (χ0n) is 29.4. The normalized spacial score (nSPS) is 11.8. The summed E-state index contributed by atoms with van der Waals surface area (Å²) in [5, 5.41) is 11.1. The Bertz CT molecular complexity index is 2700. The van der Waals surface area contributed by atoms with E-state index in [1.165, 1.54) is 49.6 Å². The molecule has 0 saturated heterocycles. The second-order valence-electron chi connectivity index (χ2n) is 14.3. The Morgan fingerprint density at radius 3 is 1.50 bits per heavy atom. The predicted octanol–water partition coefficient (Wildman–Crippen LogP) is 12.8. The largest absolute Gasteiger partial charge is 0.416 e. The van der Waals surface area contributed by atoms with Gasteiger partial charge in [0.2, 0.25) is 11.8 Å². The van der Waals surface area contributed by atoms with Crippen molar-refractivity contribution in [3.8, 4) is 62.0 Å². The lowest BCUT2D eigenvalue weighted by atomic mass is 9.86. The van der Waals surface area contributed by atoms with Gasteiger partial charge in [-0.25, -0.2) is 0 Å². The van der Waals surface area contributed by atoms with Crippen LogP contribution in [0, 0.1) is 0 Å². The van der Waals surface area contributed by atoms with Crippen LogP contribution in [0.1, 0.15) is 26.3 Å². The van der Waals surface area contributed by atoms with Crippen LogP contribution in [-0.4, -0.2) is 14.8 Å². The van der Waals surface area contributed by atoms with Crippen molar-refractivity contribution in [3.63, 3.8) is 0 Å². The van der Waals surface area contributed by atoms with Crippen molar-refractivity contribution < 1.29 is 4.42 Å². The van der Waals surface area contributed by atoms with Gasteiger partial charge in [0.05, 0.1) is 11.0 Å². The average molecular weight is 672 g/mol. The van der Waals surface area contributed by atoms with Gasteiger partial charge in [-0.15, -0.1) is 10.2 Å². The summed E-state index contributed by atoms with van der Waals surface area (Å²) in [6.45, 7) is 6.85. The summed E-state index contributed by atoms with van der Waals surface area (Å²) in [7, 11) is 0. The Balaban J connectivity index is 1.14. The van der Waals surface area contributed by atoms with E-state index < -0.39 is 0 Å². The smallest absolute Gasteiger partial charge is 0.248 e. The molecule has 0 fully saturated rings. The van der Waals surface area contributed by atoms with Crippen molar-refractivity contribution >= 4 is 21.8 Å². The number of fused-ring (bicyclic) bond motifs is 3. The number of para-hydroxylation sites is 1. The zero-order valence-corrected chi connectivity index (χ0v) is 29.4. The zero-order chi connectivity index (χ0) is 35.2. The molecule has 2 aromatic heterocycles. The minimum Gasteiger partial charge on any atom is -0.416 e. The summed E-state index contributed by atoms with van der Waals surface area (Å²) in [5.74, 6) is 1.02. The second kappa shape index (κ2) is 12.7. The van der Waals surface area contributed by atoms with Crippen molar-refractivity contribution in [3.05, 3.63) is 175 Å². The Labute approximate surface area is 303 Å². The van der Waals surface area contributed by atoms with Crippen LogP contribution in [0.15, 0.2) is 174 Å². The third-order valence-corrected chi connectivity index (χ3v) is 9.99. The third-order valence-electron chi connectivity index (χ3n) is 9.99. The summed E-state index contributed by atoms with van der Waals surface area (Å²) in [6.07, 6.45) is 0. The molecule has 0 aliphatic rings. The highest BCUT2D eigenvalue weighted by Crippen LogP contribution is 2.42. The molecule has 4 heteroatoms. The molecule has 0 atom stereocenters. The molecule has 0 amide bonds. The van der Waals surface area contributed by atoms with Crippen LogP contribution in [0.4, 0.5) is 0 Å². The van der Waals surface area contributed by atoms with Crippen LogP contribution >= 0.6 is 0 Å². The fraction of sp³-hybridized carbons (Fsp3) is 0.0833. The van der Waals surface area contributed by atoms with E-state index in [1.807, 2.05) is 30.3 Å². The first kappa shape index (κ1) is 31.5. The summed E-state index contributed by atoms with van der Waals surface area (Å²) in [6, 6.07) is 60.2. The van der Waals surface area contributed by atoms with Crippen LogP contribution in [0.2, 0.25) is 0 Å². The van der Waals surface area contributed by atoms with Gasteiger partial charge < -0.3 is 8.98 Å². The molecule has 0 bridgehead atoms. The van der Waals surface area contributed by atoms with Gasteiger partial charge in [-0.3, -0.25) is 0 Å². The van der Waals surface area contributed by atoms with Gasteiger partial charge in [-0.05, 0) is 105 Å². The van der Waals surface area contributed by atoms with E-state index in [4.69, 9.17) is 4.42 Å². The third kappa shape index (κ3) is 5.59. The Morgan fingerprint density at radius 1 is 0.423 bits per heavy atom. The second-order valence-corrected chi connectivity index (χ2v) is 14.3. The molecular weight excluding hydrogens is 635 g/mol. The van der Waals surface area contributed by atoms with Gasteiger partial charge >= 0.3 is 0 Å². The van der Waals surface area contributed by atoms with Crippen LogP contribution in [0.25, 0.3) is 83.8 Å². The topological polar surface area (TPSA) is 43.9 Å². The number of rotatable bonds is 6. The Kier molecular flexibility index (Phi) is 7.66. The predicted molar refractivity (Wildman–Crippen MR) is 215 cm³/mol. The van der Waals surface area contributed by atoms with Gasteiger partial charge in [0.1, 0.15) is 0 Å². The monoisotopic (exact) mass is 671 g/mol. The highest BCUT2D eigenvalue weighted by molar-refractivity contribution is 6.11. The summed E-state index contributed by atoms with van der Waals surface area (Å²) in [4.78, 5) is 0. The van der Waals surface area contributed by atoms with Crippen molar-refractivity contribution in [2.45, 2.75) is 26.2 Å². The van der Waals surface area contributed by atoms with Crippen LogP contribution in [0.3, 0.4) is 0 Å². The molecule has 52 heavy (non-hydrogen) atoms. The number of hydrogen-bond donors (Lipinski definition) is 0. The molecular formula is C48H37N3O. The fourth-order valence-electron chi connectivity index (χ4n) is 7.28. The van der Waals surface area contributed by atoms with E-state index >= 15 is 0 Å². The number of nitrogens with zero attached hydrogens (tertiary/aromatic N) is 3. The first-order valence-electron chi connectivity index (χ1n) is 17.7. The Morgan fingerprint density at radius 2 is 0.885 bits per heavy atom. The molecule has 7 aromatic carbocycles. The molecule has 2 heterocycles. The quantitative estimate of drug-likeness (QED) is 0.177. The van der Waals surface area contributed by atoms with E-state index in [1.54, 1.807) is 0 Å². The fourth-order valence-corrected chi connectivity index (χ4v) is 7.28. The van der Waals surface area contributed by atoms with E-state index in [9.17, 15) is 0 Å². The maximum Gasteiger partial charge on any atom is 0.248 e. The van der Waals surface area contributed by atoms with Gasteiger partial charge in [0.15, 0.2) is 0 Å². The molecule has 0 spiro atoms. The lowest BCUT2D eigenvalue weighted by molar-refractivity contribution is 0.584. The Hall–Kier alpha value is -6.52. The van der Waals surface area contributed by atoms with Crippen molar-refractivity contribution in [1.82, 2.24) is 14.8 Å². The molecule has 250 valence electrons. The minimum absolute atomic E-state index is 0.0396. The summed E-state index contributed by atoms with van der Waals surface area (Å²) >= 11 is 0. The first-order valence-corrected chi connectivity index (χ1v) is 17.7. The van der Waals surface area contributed by atoms with Crippen LogP contribution in [0.5, 0.6) is 0 Å². The molecule has 0 unspecified atom stereocenters. The number of aromatic nitrogens is 3. The number of benzene rings is 7. The SMILES string of the molecule is CC(C)(C)c1ccc2c(c1)c1cc(-c3ccccc3-c3ccccc3-c3ccc(-c4nnc(-c5ccccc5)o4)cc3)ccc1n2-c1ccccc1. The molecule has 0 aliphatic heterocycles. The van der Waals surface area contributed by atoms with Crippen LogP contribution in [-0.2, 0) is 5.41 Å². The van der Waals surface area contributed by atoms with Gasteiger partial charge in [-0.1, -0.05) is 130 Å². The highest BCUT2D eigenvalue weighted by Gasteiger charge is 2.20. The summed E-state index contributed by atoms with van der Waals surface area (Å²) in [5.41, 5.74) is 13.8. The molecule has 4 nitrogen and oxygen atoms in total. The summed E-state index contributed by atoms with van der Waals surface area (Å²) < 4.78 is 8.43. The van der Waals surface area contributed by atoms with Gasteiger partial charge in [0.25, 0.3) is 0 Å².